The molecule has 0 saturated carbocycles. The van der Waals surface area contributed by atoms with Gasteiger partial charge in [0, 0.05) is 13.7 Å². The fraction of sp³-hybridized carbons (Fsp3) is 0.857. The molecule has 2 radical (unpaired) electrons. The Kier molecular flexibility index (Phi) is 5.99. The summed E-state index contributed by atoms with van der Waals surface area (Å²) in [5, 5.41) is 0. The summed E-state index contributed by atoms with van der Waals surface area (Å²) < 4.78 is 5.07. The molecule has 2 heteroatoms. The van der Waals surface area contributed by atoms with E-state index in [1.54, 1.807) is 7.11 Å². The van der Waals surface area contributed by atoms with E-state index in [0.717, 1.165) is 19.3 Å². The summed E-state index contributed by atoms with van der Waals surface area (Å²) in [6, 6.07) is 0. The summed E-state index contributed by atoms with van der Waals surface area (Å²) >= 11 is 0. The van der Waals surface area contributed by atoms with Crippen LogP contribution in [0.5, 0.6) is 0 Å². The van der Waals surface area contributed by atoms with Gasteiger partial charge >= 0.3 is 0 Å². The van der Waals surface area contributed by atoms with Gasteiger partial charge in [0.2, 0.25) is 0 Å². The molecule has 0 saturated heterocycles. The van der Waals surface area contributed by atoms with Crippen molar-refractivity contribution in [3.63, 3.8) is 0 Å². The third-order valence-electron chi connectivity index (χ3n) is 1.33. The van der Waals surface area contributed by atoms with Crippen LogP contribution in [0.2, 0.25) is 0 Å². The lowest BCUT2D eigenvalue weighted by molar-refractivity contribution is 0.0904. The predicted octanol–water partition coefficient (Wildman–Crippen LogP) is 1.29. The minimum Gasteiger partial charge on any atom is -0.381 e. The highest BCUT2D eigenvalue weighted by Crippen LogP contribution is 2.03. The first kappa shape index (κ1) is 8.92. The van der Waals surface area contributed by atoms with Crippen molar-refractivity contribution < 1.29 is 4.74 Å². The molecule has 0 amide bonds. The van der Waals surface area contributed by atoms with Crippen LogP contribution in [0.1, 0.15) is 19.3 Å². The Bertz CT molecular complexity index is 50.9. The van der Waals surface area contributed by atoms with Crippen molar-refractivity contribution in [3.05, 3.63) is 6.92 Å². The van der Waals surface area contributed by atoms with Gasteiger partial charge in [-0.1, -0.05) is 13.3 Å². The van der Waals surface area contributed by atoms with Gasteiger partial charge in [-0.3, -0.25) is 5.73 Å². The summed E-state index contributed by atoms with van der Waals surface area (Å²) in [6.07, 6.45) is 2.99. The van der Waals surface area contributed by atoms with Gasteiger partial charge < -0.3 is 4.74 Å². The maximum atomic E-state index is 6.91. The van der Waals surface area contributed by atoms with Crippen LogP contribution < -0.4 is 5.73 Å². The van der Waals surface area contributed by atoms with E-state index in [0.29, 0.717) is 6.54 Å². The lowest BCUT2D eigenvalue weighted by Crippen LogP contribution is -2.12. The normalized spacial score (nSPS) is 13.7. The van der Waals surface area contributed by atoms with E-state index in [2.05, 4.69) is 6.92 Å². The molecule has 0 fully saturated rings. The lowest BCUT2D eigenvalue weighted by atomic mass is 10.1. The number of hydrogen-bond acceptors (Lipinski definition) is 1. The first-order valence-electron chi connectivity index (χ1n) is 3.31. The largest absolute Gasteiger partial charge is 0.381 e. The molecular weight excluding hydrogens is 114 g/mol. The lowest BCUT2D eigenvalue weighted by Gasteiger charge is -2.11. The second kappa shape index (κ2) is 6.05. The van der Waals surface area contributed by atoms with E-state index in [4.69, 9.17) is 10.5 Å². The quantitative estimate of drug-likeness (QED) is 0.550. The molecule has 0 heterocycles. The molecular formula is C7H15NO. The summed E-state index contributed by atoms with van der Waals surface area (Å²) in [5.74, 6) is 0. The first-order chi connectivity index (χ1) is 4.35. The van der Waals surface area contributed by atoms with Crippen molar-refractivity contribution in [3.8, 4) is 0 Å². The number of ether oxygens (including phenoxy) is 1. The van der Waals surface area contributed by atoms with Crippen molar-refractivity contribution in [2.24, 2.45) is 0 Å². The molecule has 0 aromatic carbocycles. The molecule has 0 spiro atoms. The molecule has 2 nitrogen and oxygen atoms in total. The van der Waals surface area contributed by atoms with Crippen LogP contribution in [0.3, 0.4) is 0 Å². The summed E-state index contributed by atoms with van der Waals surface area (Å²) in [6.45, 7) is 4.17. The maximum absolute atomic E-state index is 6.91. The number of rotatable bonds is 5. The average molecular weight is 129 g/mol. The summed E-state index contributed by atoms with van der Waals surface area (Å²) in [4.78, 5) is 0. The average Bonchev–Trinajstić information content (AvgIpc) is 1.88. The molecule has 0 rings (SSSR count). The fourth-order valence-corrected chi connectivity index (χ4v) is 0.769. The van der Waals surface area contributed by atoms with Gasteiger partial charge in [-0.05, 0) is 12.8 Å². The topological polar surface area (TPSA) is 33.0 Å². The Morgan fingerprint density at radius 1 is 1.56 bits per heavy atom. The second-order valence-electron chi connectivity index (χ2n) is 2.04. The third kappa shape index (κ3) is 4.43. The maximum Gasteiger partial charge on any atom is 0.0584 e. The van der Waals surface area contributed by atoms with E-state index >= 15 is 0 Å². The molecule has 0 aromatic heterocycles. The molecule has 9 heavy (non-hydrogen) atoms. The van der Waals surface area contributed by atoms with Crippen LogP contribution in [0, 0.1) is 6.92 Å². The van der Waals surface area contributed by atoms with Crippen LogP contribution in [0.25, 0.3) is 0 Å². The molecule has 0 bridgehead atoms. The Balaban J connectivity index is 3.18. The van der Waals surface area contributed by atoms with Gasteiger partial charge in [-0.25, -0.2) is 0 Å². The Labute approximate surface area is 57.4 Å². The van der Waals surface area contributed by atoms with Gasteiger partial charge in [0.15, 0.2) is 0 Å². The van der Waals surface area contributed by atoms with Gasteiger partial charge in [0.05, 0.1) is 6.10 Å². The van der Waals surface area contributed by atoms with Gasteiger partial charge in [-0.15, -0.1) is 0 Å². The number of hydrogen-bond donors (Lipinski definition) is 0. The minimum absolute atomic E-state index is 0.264. The molecule has 0 aliphatic carbocycles. The highest BCUT2D eigenvalue weighted by atomic mass is 16.5. The predicted molar refractivity (Wildman–Crippen MR) is 38.0 cm³/mol. The minimum atomic E-state index is 0.264. The SMILES string of the molecule is [CH2]CCC(CC[NH])OC. The molecule has 1 unspecified atom stereocenters. The molecule has 54 valence electrons. The molecule has 0 aliphatic rings. The zero-order chi connectivity index (χ0) is 7.11. The zero-order valence-electron chi connectivity index (χ0n) is 6.02. The van der Waals surface area contributed by atoms with Crippen molar-refractivity contribution in [1.29, 1.82) is 0 Å². The standard InChI is InChI=1S/C7H15NO/c1-3-4-7(9-2)5-6-8/h7-8H,1,3-6H2,2H3. The van der Waals surface area contributed by atoms with Crippen LogP contribution >= 0.6 is 0 Å². The zero-order valence-corrected chi connectivity index (χ0v) is 6.02. The van der Waals surface area contributed by atoms with E-state index < -0.39 is 0 Å². The van der Waals surface area contributed by atoms with E-state index in [1.807, 2.05) is 0 Å². The van der Waals surface area contributed by atoms with E-state index in [9.17, 15) is 0 Å². The summed E-state index contributed by atoms with van der Waals surface area (Å²) in [5.41, 5.74) is 6.91. The van der Waals surface area contributed by atoms with E-state index in [1.165, 1.54) is 0 Å². The highest BCUT2D eigenvalue weighted by Gasteiger charge is 2.02. The number of nitrogens with one attached hydrogen (secondary N) is 1. The third-order valence-corrected chi connectivity index (χ3v) is 1.33. The van der Waals surface area contributed by atoms with Gasteiger partial charge in [-0.2, -0.15) is 0 Å². The van der Waals surface area contributed by atoms with Crippen LogP contribution in [-0.2, 0) is 4.74 Å². The van der Waals surface area contributed by atoms with Crippen molar-refractivity contribution in [2.45, 2.75) is 25.4 Å². The molecule has 0 aliphatic heterocycles. The Morgan fingerprint density at radius 2 is 2.22 bits per heavy atom. The Hall–Kier alpha value is -0.0800. The van der Waals surface area contributed by atoms with Crippen LogP contribution in [-0.4, -0.2) is 19.8 Å². The summed E-state index contributed by atoms with van der Waals surface area (Å²) in [7, 11) is 1.69. The van der Waals surface area contributed by atoms with Gasteiger partial charge in [0.1, 0.15) is 0 Å². The van der Waals surface area contributed by atoms with Crippen LogP contribution in [0.4, 0.5) is 0 Å². The van der Waals surface area contributed by atoms with Gasteiger partial charge in [0.25, 0.3) is 0 Å². The first-order valence-corrected chi connectivity index (χ1v) is 3.31. The van der Waals surface area contributed by atoms with Crippen molar-refractivity contribution in [1.82, 2.24) is 5.73 Å². The monoisotopic (exact) mass is 129 g/mol. The highest BCUT2D eigenvalue weighted by molar-refractivity contribution is 4.58. The van der Waals surface area contributed by atoms with Crippen molar-refractivity contribution >= 4 is 0 Å². The molecule has 0 aromatic rings. The number of methoxy groups -OCH3 is 1. The molecule has 1 N–H and O–H groups in total. The smallest absolute Gasteiger partial charge is 0.0584 e. The van der Waals surface area contributed by atoms with E-state index in [-0.39, 0.29) is 6.10 Å². The molecule has 1 atom stereocenters. The second-order valence-corrected chi connectivity index (χ2v) is 2.04. The fourth-order valence-electron chi connectivity index (χ4n) is 0.769. The van der Waals surface area contributed by atoms with Crippen molar-refractivity contribution in [2.75, 3.05) is 13.7 Å². The van der Waals surface area contributed by atoms with Crippen LogP contribution in [0.15, 0.2) is 0 Å². The Morgan fingerprint density at radius 3 is 2.56 bits per heavy atom.